The van der Waals surface area contributed by atoms with Crippen molar-refractivity contribution in [2.45, 2.75) is 76.4 Å². The number of alkyl halides is 2. The molecule has 154 valence electrons. The molecule has 6 heteroatoms. The third kappa shape index (κ3) is 4.84. The minimum Gasteiger partial charge on any atom is -0.336 e. The third-order valence-corrected chi connectivity index (χ3v) is 7.26. The highest BCUT2D eigenvalue weighted by Crippen LogP contribution is 2.39. The standard InChI is InChI=1S/C21H35ClFN3O/c1-3-25(4-2)11-12-26-19-10-9-15(22)13-17(19)21(24-14-20(26)27)16-7-5-6-8-18(16)23/h15-19H,3-14H2,1-2H3. The summed E-state index contributed by atoms with van der Waals surface area (Å²) < 4.78 is 14.7. The molecule has 2 fully saturated rings. The normalized spacial score (nSPS) is 35.0. The number of likely N-dealkylation sites (N-methyl/N-ethyl adjacent to an activating group) is 1. The second-order valence-corrected chi connectivity index (χ2v) is 8.96. The molecule has 5 atom stereocenters. The van der Waals surface area contributed by atoms with Gasteiger partial charge in [0, 0.05) is 42.1 Å². The van der Waals surface area contributed by atoms with E-state index >= 15 is 0 Å². The number of nitrogens with zero attached hydrogens (tertiary/aromatic N) is 3. The maximum absolute atomic E-state index is 14.7. The minimum atomic E-state index is -0.814. The molecule has 0 bridgehead atoms. The SMILES string of the molecule is CCN(CC)CCN1C(=O)CN=C(C2CCCCC2F)C2CC(Cl)CCC21. The molecule has 0 aromatic rings. The van der Waals surface area contributed by atoms with Gasteiger partial charge in [-0.1, -0.05) is 26.7 Å². The van der Waals surface area contributed by atoms with E-state index < -0.39 is 6.17 Å². The summed E-state index contributed by atoms with van der Waals surface area (Å²) in [5.74, 6) is 0.126. The van der Waals surface area contributed by atoms with Crippen LogP contribution in [0.2, 0.25) is 0 Å². The predicted octanol–water partition coefficient (Wildman–Crippen LogP) is 3.92. The van der Waals surface area contributed by atoms with E-state index in [4.69, 9.17) is 16.6 Å². The molecule has 1 amide bonds. The highest BCUT2D eigenvalue weighted by Gasteiger charge is 2.44. The summed E-state index contributed by atoms with van der Waals surface area (Å²) in [6.45, 7) is 8.09. The second kappa shape index (κ2) is 9.69. The van der Waals surface area contributed by atoms with Crippen LogP contribution in [0.1, 0.15) is 58.8 Å². The molecule has 1 heterocycles. The maximum Gasteiger partial charge on any atom is 0.244 e. The molecule has 27 heavy (non-hydrogen) atoms. The molecule has 0 N–H and O–H groups in total. The van der Waals surface area contributed by atoms with Crippen LogP contribution < -0.4 is 0 Å². The van der Waals surface area contributed by atoms with E-state index in [1.807, 2.05) is 0 Å². The van der Waals surface area contributed by atoms with Crippen LogP contribution in [0.25, 0.3) is 0 Å². The lowest BCUT2D eigenvalue weighted by Gasteiger charge is -2.42. The van der Waals surface area contributed by atoms with Crippen molar-refractivity contribution in [1.82, 2.24) is 9.80 Å². The number of carbonyl (C=O) groups is 1. The number of amides is 1. The molecule has 1 aliphatic heterocycles. The molecule has 0 saturated heterocycles. The Hall–Kier alpha value is -0.680. The molecular formula is C21H35ClFN3O. The summed E-state index contributed by atoms with van der Waals surface area (Å²) >= 11 is 6.53. The number of carbonyl (C=O) groups excluding carboxylic acids is 1. The second-order valence-electron chi connectivity index (χ2n) is 8.35. The maximum atomic E-state index is 14.7. The fourth-order valence-electron chi connectivity index (χ4n) is 5.24. The van der Waals surface area contributed by atoms with Gasteiger partial charge in [-0.15, -0.1) is 11.6 Å². The van der Waals surface area contributed by atoms with Crippen molar-refractivity contribution in [2.24, 2.45) is 16.8 Å². The Labute approximate surface area is 168 Å². The Morgan fingerprint density at radius 3 is 2.59 bits per heavy atom. The first-order valence-corrected chi connectivity index (χ1v) is 11.3. The topological polar surface area (TPSA) is 35.9 Å². The van der Waals surface area contributed by atoms with Gasteiger partial charge in [-0.05, 0) is 45.2 Å². The van der Waals surface area contributed by atoms with E-state index in [1.165, 1.54) is 0 Å². The smallest absolute Gasteiger partial charge is 0.244 e. The molecule has 3 aliphatic rings. The number of fused-ring (bicyclic) bond motifs is 1. The van der Waals surface area contributed by atoms with Crippen LogP contribution in [-0.4, -0.2) is 71.7 Å². The van der Waals surface area contributed by atoms with Crippen molar-refractivity contribution in [3.63, 3.8) is 0 Å². The lowest BCUT2D eigenvalue weighted by atomic mass is 9.72. The molecule has 0 aromatic heterocycles. The minimum absolute atomic E-state index is 0.103. The lowest BCUT2D eigenvalue weighted by molar-refractivity contribution is -0.133. The highest BCUT2D eigenvalue weighted by molar-refractivity contribution is 6.20. The summed E-state index contributed by atoms with van der Waals surface area (Å²) in [5.41, 5.74) is 0.969. The molecule has 0 spiro atoms. The predicted molar refractivity (Wildman–Crippen MR) is 109 cm³/mol. The summed E-state index contributed by atoms with van der Waals surface area (Å²) in [5, 5.41) is 0.107. The summed E-state index contributed by atoms with van der Waals surface area (Å²) in [4.78, 5) is 22.1. The van der Waals surface area contributed by atoms with Gasteiger partial charge in [-0.25, -0.2) is 4.39 Å². The van der Waals surface area contributed by atoms with Crippen molar-refractivity contribution in [1.29, 1.82) is 0 Å². The molecule has 0 aromatic carbocycles. The first-order valence-electron chi connectivity index (χ1n) is 10.9. The Bertz CT molecular complexity index is 540. The van der Waals surface area contributed by atoms with Crippen LogP contribution in [0.3, 0.4) is 0 Å². The zero-order valence-corrected chi connectivity index (χ0v) is 17.6. The van der Waals surface area contributed by atoms with Gasteiger partial charge in [0.2, 0.25) is 5.91 Å². The summed E-state index contributed by atoms with van der Waals surface area (Å²) in [6, 6.07) is 0.137. The average Bonchev–Trinajstić information content (AvgIpc) is 2.80. The molecule has 2 aliphatic carbocycles. The Morgan fingerprint density at radius 2 is 1.89 bits per heavy atom. The largest absolute Gasteiger partial charge is 0.336 e. The Balaban J connectivity index is 1.81. The van der Waals surface area contributed by atoms with Gasteiger partial charge < -0.3 is 9.80 Å². The number of halogens is 2. The van der Waals surface area contributed by atoms with Crippen molar-refractivity contribution in [2.75, 3.05) is 32.7 Å². The van der Waals surface area contributed by atoms with Gasteiger partial charge in [-0.2, -0.15) is 0 Å². The van der Waals surface area contributed by atoms with E-state index in [0.717, 1.165) is 70.4 Å². The zero-order chi connectivity index (χ0) is 19.4. The number of rotatable bonds is 6. The van der Waals surface area contributed by atoms with Crippen molar-refractivity contribution in [3.8, 4) is 0 Å². The van der Waals surface area contributed by atoms with Crippen LogP contribution in [0.5, 0.6) is 0 Å². The van der Waals surface area contributed by atoms with Gasteiger partial charge in [-0.3, -0.25) is 9.79 Å². The molecule has 4 nitrogen and oxygen atoms in total. The van der Waals surface area contributed by atoms with Gasteiger partial charge in [0.05, 0.1) is 0 Å². The van der Waals surface area contributed by atoms with Gasteiger partial charge >= 0.3 is 0 Å². The van der Waals surface area contributed by atoms with Crippen LogP contribution >= 0.6 is 11.6 Å². The lowest BCUT2D eigenvalue weighted by Crippen LogP contribution is -2.52. The molecule has 0 radical (unpaired) electrons. The zero-order valence-electron chi connectivity index (χ0n) is 16.9. The van der Waals surface area contributed by atoms with Crippen LogP contribution in [-0.2, 0) is 4.79 Å². The number of hydrogen-bond acceptors (Lipinski definition) is 3. The monoisotopic (exact) mass is 399 g/mol. The van der Waals surface area contributed by atoms with Crippen molar-refractivity contribution >= 4 is 23.2 Å². The number of aliphatic imine (C=N–C) groups is 1. The Kier molecular flexibility index (Phi) is 7.55. The van der Waals surface area contributed by atoms with Crippen molar-refractivity contribution < 1.29 is 9.18 Å². The highest BCUT2D eigenvalue weighted by atomic mass is 35.5. The van der Waals surface area contributed by atoms with E-state index in [-0.39, 0.29) is 35.7 Å². The van der Waals surface area contributed by atoms with E-state index in [2.05, 4.69) is 23.6 Å². The van der Waals surface area contributed by atoms with Crippen LogP contribution in [0, 0.1) is 11.8 Å². The fourth-order valence-corrected chi connectivity index (χ4v) is 5.55. The van der Waals surface area contributed by atoms with Crippen LogP contribution in [0.4, 0.5) is 4.39 Å². The molecule has 3 rings (SSSR count). The van der Waals surface area contributed by atoms with Gasteiger partial charge in [0.1, 0.15) is 12.7 Å². The van der Waals surface area contributed by atoms with E-state index in [1.54, 1.807) is 0 Å². The third-order valence-electron chi connectivity index (χ3n) is 6.86. The van der Waals surface area contributed by atoms with Gasteiger partial charge in [0.25, 0.3) is 0 Å². The van der Waals surface area contributed by atoms with E-state index in [0.29, 0.717) is 6.42 Å². The molecular weight excluding hydrogens is 365 g/mol. The number of hydrogen-bond donors (Lipinski definition) is 0. The quantitative estimate of drug-likeness (QED) is 0.634. The van der Waals surface area contributed by atoms with Crippen molar-refractivity contribution in [3.05, 3.63) is 0 Å². The summed E-state index contributed by atoms with van der Waals surface area (Å²) in [7, 11) is 0. The van der Waals surface area contributed by atoms with Gasteiger partial charge in [0.15, 0.2) is 0 Å². The van der Waals surface area contributed by atoms with Crippen LogP contribution in [0.15, 0.2) is 4.99 Å². The molecule has 5 unspecified atom stereocenters. The molecule has 2 saturated carbocycles. The average molecular weight is 400 g/mol. The van der Waals surface area contributed by atoms with E-state index in [9.17, 15) is 9.18 Å². The Morgan fingerprint density at radius 1 is 1.15 bits per heavy atom. The summed E-state index contributed by atoms with van der Waals surface area (Å²) in [6.07, 6.45) is 5.36. The first-order chi connectivity index (χ1) is 13.0. The fraction of sp³-hybridized carbons (Fsp3) is 0.905. The first kappa shape index (κ1) is 21.0.